The molecular formula is C13H19N. The molecule has 0 amide bonds. The predicted molar refractivity (Wildman–Crippen MR) is 61.4 cm³/mol. The Morgan fingerprint density at radius 2 is 1.79 bits per heavy atom. The van der Waals surface area contributed by atoms with Gasteiger partial charge in [0.05, 0.1) is 0 Å². The van der Waals surface area contributed by atoms with Crippen LogP contribution in [0.2, 0.25) is 0 Å². The van der Waals surface area contributed by atoms with Crippen LogP contribution in [0.4, 0.5) is 5.69 Å². The van der Waals surface area contributed by atoms with Crippen LogP contribution in [0, 0.1) is 11.8 Å². The summed E-state index contributed by atoms with van der Waals surface area (Å²) >= 11 is 0. The molecule has 1 N–H and O–H groups in total. The lowest BCUT2D eigenvalue weighted by Gasteiger charge is -2.39. The van der Waals surface area contributed by atoms with Crippen LogP contribution in [0.1, 0.15) is 26.7 Å². The summed E-state index contributed by atoms with van der Waals surface area (Å²) in [5.41, 5.74) is 1.26. The lowest BCUT2D eigenvalue weighted by atomic mass is 9.73. The molecule has 0 saturated heterocycles. The van der Waals surface area contributed by atoms with Gasteiger partial charge in [0.15, 0.2) is 0 Å². The maximum absolute atomic E-state index is 3.56. The Morgan fingerprint density at radius 3 is 2.36 bits per heavy atom. The van der Waals surface area contributed by atoms with E-state index >= 15 is 0 Å². The van der Waals surface area contributed by atoms with Gasteiger partial charge in [-0.2, -0.15) is 0 Å². The Hall–Kier alpha value is -0.980. The van der Waals surface area contributed by atoms with Crippen molar-refractivity contribution in [3.63, 3.8) is 0 Å². The van der Waals surface area contributed by atoms with Gasteiger partial charge in [-0.3, -0.25) is 0 Å². The highest BCUT2D eigenvalue weighted by atomic mass is 14.9. The minimum atomic E-state index is 0.713. The normalized spacial score (nSPS) is 25.9. The molecule has 1 fully saturated rings. The van der Waals surface area contributed by atoms with E-state index in [1.807, 2.05) is 0 Å². The van der Waals surface area contributed by atoms with Crippen LogP contribution < -0.4 is 5.32 Å². The summed E-state index contributed by atoms with van der Waals surface area (Å²) in [5, 5.41) is 3.56. The van der Waals surface area contributed by atoms with E-state index in [0.717, 1.165) is 11.8 Å². The van der Waals surface area contributed by atoms with Crippen molar-refractivity contribution in [2.24, 2.45) is 11.8 Å². The average Bonchev–Trinajstić information content (AvgIpc) is 2.12. The fraction of sp³-hybridized carbons (Fsp3) is 0.538. The van der Waals surface area contributed by atoms with E-state index in [4.69, 9.17) is 0 Å². The molecule has 0 aromatic heterocycles. The van der Waals surface area contributed by atoms with Crippen molar-refractivity contribution in [2.45, 2.75) is 32.7 Å². The summed E-state index contributed by atoms with van der Waals surface area (Å²) in [6.45, 7) is 4.65. The second-order valence-electron chi connectivity index (χ2n) is 4.68. The fourth-order valence-corrected chi connectivity index (χ4v) is 2.09. The van der Waals surface area contributed by atoms with E-state index in [9.17, 15) is 0 Å². The minimum Gasteiger partial charge on any atom is -0.382 e. The Kier molecular flexibility index (Phi) is 2.76. The number of anilines is 1. The topological polar surface area (TPSA) is 12.0 Å². The smallest absolute Gasteiger partial charge is 0.0342 e. The summed E-state index contributed by atoms with van der Waals surface area (Å²) in [4.78, 5) is 0. The molecule has 1 aromatic rings. The summed E-state index contributed by atoms with van der Waals surface area (Å²) in [6, 6.07) is 11.2. The first-order valence-electron chi connectivity index (χ1n) is 5.57. The molecule has 1 nitrogen and oxygen atoms in total. The first kappa shape index (κ1) is 9.57. The minimum absolute atomic E-state index is 0.713. The molecule has 0 bridgehead atoms. The fourth-order valence-electron chi connectivity index (χ4n) is 2.09. The maximum atomic E-state index is 3.56. The molecule has 1 aliphatic carbocycles. The van der Waals surface area contributed by atoms with Crippen LogP contribution in [-0.2, 0) is 0 Å². The standard InChI is InChI=1S/C13H19N/c1-10(2)11-8-13(9-11)14-12-6-4-3-5-7-12/h3-7,10-11,13-14H,8-9H2,1-2H3. The Labute approximate surface area is 86.5 Å². The lowest BCUT2D eigenvalue weighted by Crippen LogP contribution is -2.37. The third-order valence-electron chi connectivity index (χ3n) is 3.26. The van der Waals surface area contributed by atoms with Gasteiger partial charge in [0, 0.05) is 11.7 Å². The second-order valence-corrected chi connectivity index (χ2v) is 4.68. The number of benzene rings is 1. The summed E-state index contributed by atoms with van der Waals surface area (Å²) in [7, 11) is 0. The molecule has 0 aliphatic heterocycles. The molecule has 76 valence electrons. The molecule has 1 saturated carbocycles. The largest absolute Gasteiger partial charge is 0.382 e. The number of hydrogen-bond donors (Lipinski definition) is 1. The van der Waals surface area contributed by atoms with E-state index in [1.165, 1.54) is 18.5 Å². The van der Waals surface area contributed by atoms with Gasteiger partial charge in [0.1, 0.15) is 0 Å². The van der Waals surface area contributed by atoms with Crippen molar-refractivity contribution in [1.82, 2.24) is 0 Å². The van der Waals surface area contributed by atoms with Gasteiger partial charge in [-0.05, 0) is 36.8 Å². The second kappa shape index (κ2) is 4.04. The summed E-state index contributed by atoms with van der Waals surface area (Å²) in [5.74, 6) is 1.79. The zero-order valence-corrected chi connectivity index (χ0v) is 9.03. The molecule has 0 spiro atoms. The Bertz CT molecular complexity index is 273. The van der Waals surface area contributed by atoms with Crippen molar-refractivity contribution < 1.29 is 0 Å². The van der Waals surface area contributed by atoms with E-state index in [1.54, 1.807) is 0 Å². The summed E-state index contributed by atoms with van der Waals surface area (Å²) in [6.07, 6.45) is 2.68. The van der Waals surface area contributed by atoms with Gasteiger partial charge >= 0.3 is 0 Å². The Balaban J connectivity index is 1.80. The molecule has 0 radical (unpaired) electrons. The van der Waals surface area contributed by atoms with E-state index < -0.39 is 0 Å². The monoisotopic (exact) mass is 189 g/mol. The van der Waals surface area contributed by atoms with Gasteiger partial charge < -0.3 is 5.32 Å². The van der Waals surface area contributed by atoms with Crippen molar-refractivity contribution in [3.05, 3.63) is 30.3 Å². The molecule has 0 unspecified atom stereocenters. The highest BCUT2D eigenvalue weighted by Gasteiger charge is 2.30. The zero-order valence-electron chi connectivity index (χ0n) is 9.03. The van der Waals surface area contributed by atoms with Crippen LogP contribution >= 0.6 is 0 Å². The Morgan fingerprint density at radius 1 is 1.14 bits per heavy atom. The molecule has 0 atom stereocenters. The number of rotatable bonds is 3. The van der Waals surface area contributed by atoms with Crippen LogP contribution in [0.15, 0.2) is 30.3 Å². The van der Waals surface area contributed by atoms with Crippen molar-refractivity contribution >= 4 is 5.69 Å². The molecule has 0 heterocycles. The van der Waals surface area contributed by atoms with Crippen molar-refractivity contribution in [2.75, 3.05) is 5.32 Å². The third kappa shape index (κ3) is 2.09. The van der Waals surface area contributed by atoms with Gasteiger partial charge in [0.25, 0.3) is 0 Å². The van der Waals surface area contributed by atoms with Crippen LogP contribution in [0.5, 0.6) is 0 Å². The molecule has 14 heavy (non-hydrogen) atoms. The van der Waals surface area contributed by atoms with Crippen LogP contribution in [0.25, 0.3) is 0 Å². The highest BCUT2D eigenvalue weighted by molar-refractivity contribution is 5.43. The van der Waals surface area contributed by atoms with Gasteiger partial charge in [-0.25, -0.2) is 0 Å². The van der Waals surface area contributed by atoms with Gasteiger partial charge in [-0.15, -0.1) is 0 Å². The summed E-state index contributed by atoms with van der Waals surface area (Å²) < 4.78 is 0. The lowest BCUT2D eigenvalue weighted by molar-refractivity contribution is 0.212. The highest BCUT2D eigenvalue weighted by Crippen LogP contribution is 2.35. The van der Waals surface area contributed by atoms with Crippen LogP contribution in [0.3, 0.4) is 0 Å². The van der Waals surface area contributed by atoms with Crippen molar-refractivity contribution in [3.8, 4) is 0 Å². The SMILES string of the molecule is CC(C)C1CC(Nc2ccccc2)C1. The first-order chi connectivity index (χ1) is 6.75. The number of para-hydroxylation sites is 1. The molecule has 1 heteroatoms. The van der Waals surface area contributed by atoms with Crippen LogP contribution in [-0.4, -0.2) is 6.04 Å². The molecule has 1 aromatic carbocycles. The quantitative estimate of drug-likeness (QED) is 0.767. The average molecular weight is 189 g/mol. The zero-order chi connectivity index (χ0) is 9.97. The predicted octanol–water partition coefficient (Wildman–Crippen LogP) is 3.53. The molecular weight excluding hydrogens is 170 g/mol. The number of hydrogen-bond acceptors (Lipinski definition) is 1. The maximum Gasteiger partial charge on any atom is 0.0342 e. The van der Waals surface area contributed by atoms with E-state index in [0.29, 0.717) is 6.04 Å². The molecule has 1 aliphatic rings. The number of nitrogens with one attached hydrogen (secondary N) is 1. The van der Waals surface area contributed by atoms with Gasteiger partial charge in [0.2, 0.25) is 0 Å². The first-order valence-corrected chi connectivity index (χ1v) is 5.57. The van der Waals surface area contributed by atoms with Crippen molar-refractivity contribution in [1.29, 1.82) is 0 Å². The van der Waals surface area contributed by atoms with E-state index in [-0.39, 0.29) is 0 Å². The third-order valence-corrected chi connectivity index (χ3v) is 3.26. The van der Waals surface area contributed by atoms with E-state index in [2.05, 4.69) is 49.5 Å². The van der Waals surface area contributed by atoms with Gasteiger partial charge in [-0.1, -0.05) is 32.0 Å². The molecule has 2 rings (SSSR count).